The molecule has 0 aliphatic heterocycles. The van der Waals surface area contributed by atoms with Crippen LogP contribution in [0, 0.1) is 6.92 Å². The van der Waals surface area contributed by atoms with Crippen LogP contribution in [-0.2, 0) is 9.53 Å². The third-order valence-corrected chi connectivity index (χ3v) is 3.26. The Balaban J connectivity index is 2.75. The third-order valence-electron chi connectivity index (χ3n) is 2.35. The van der Waals surface area contributed by atoms with Gasteiger partial charge in [0.15, 0.2) is 0 Å². The van der Waals surface area contributed by atoms with Crippen LogP contribution in [0.2, 0.25) is 0 Å². The molecule has 6 heteroatoms. The van der Waals surface area contributed by atoms with Crippen LogP contribution in [0.1, 0.15) is 35.6 Å². The second kappa shape index (κ2) is 7.10. The minimum absolute atomic E-state index is 0.00213. The molecule has 0 atom stereocenters. The van der Waals surface area contributed by atoms with Gasteiger partial charge in [-0.25, -0.2) is 4.98 Å². The van der Waals surface area contributed by atoms with Gasteiger partial charge in [-0.15, -0.1) is 11.3 Å². The Morgan fingerprint density at radius 1 is 1.44 bits per heavy atom. The van der Waals surface area contributed by atoms with Crippen molar-refractivity contribution in [3.63, 3.8) is 0 Å². The standard InChI is InChI=1S/C12H18N2O3S/c1-4-6-14(7-10(15)17-5-2)12(16)11-9(3)13-8-18-11/h8H,4-7H2,1-3H3. The van der Waals surface area contributed by atoms with Gasteiger partial charge in [0, 0.05) is 6.54 Å². The fourth-order valence-electron chi connectivity index (χ4n) is 1.54. The molecule has 0 bridgehead atoms. The number of esters is 1. The lowest BCUT2D eigenvalue weighted by Crippen LogP contribution is -2.37. The molecule has 0 aromatic carbocycles. The lowest BCUT2D eigenvalue weighted by atomic mass is 10.3. The van der Waals surface area contributed by atoms with Crippen molar-refractivity contribution in [1.82, 2.24) is 9.88 Å². The highest BCUT2D eigenvalue weighted by Gasteiger charge is 2.21. The number of thiazole rings is 1. The van der Waals surface area contributed by atoms with Gasteiger partial charge in [-0.3, -0.25) is 9.59 Å². The predicted octanol–water partition coefficient (Wildman–Crippen LogP) is 1.87. The van der Waals surface area contributed by atoms with Gasteiger partial charge in [0.05, 0.1) is 17.8 Å². The number of hydrogen-bond donors (Lipinski definition) is 0. The SMILES string of the molecule is CCCN(CC(=O)OCC)C(=O)c1scnc1C. The predicted molar refractivity (Wildman–Crippen MR) is 69.7 cm³/mol. The summed E-state index contributed by atoms with van der Waals surface area (Å²) in [7, 11) is 0. The molecule has 1 aromatic rings. The average molecular weight is 270 g/mol. The maximum Gasteiger partial charge on any atom is 0.325 e. The molecule has 0 spiro atoms. The number of carbonyl (C=O) groups excluding carboxylic acids is 2. The van der Waals surface area contributed by atoms with E-state index in [9.17, 15) is 9.59 Å². The highest BCUT2D eigenvalue weighted by Crippen LogP contribution is 2.15. The number of aromatic nitrogens is 1. The van der Waals surface area contributed by atoms with Gasteiger partial charge in [0.1, 0.15) is 11.4 Å². The van der Waals surface area contributed by atoms with Crippen LogP contribution >= 0.6 is 11.3 Å². The summed E-state index contributed by atoms with van der Waals surface area (Å²) in [5.74, 6) is -0.522. The molecule has 18 heavy (non-hydrogen) atoms. The number of ether oxygens (including phenoxy) is 1. The molecule has 1 heterocycles. The van der Waals surface area contributed by atoms with Crippen LogP contribution in [0.3, 0.4) is 0 Å². The number of nitrogens with zero attached hydrogens (tertiary/aromatic N) is 2. The Hall–Kier alpha value is -1.43. The Morgan fingerprint density at radius 2 is 2.17 bits per heavy atom. The third kappa shape index (κ3) is 3.80. The lowest BCUT2D eigenvalue weighted by molar-refractivity contribution is -0.143. The Labute approximate surface area is 111 Å². The van der Waals surface area contributed by atoms with E-state index in [0.717, 1.165) is 6.42 Å². The molecular formula is C12H18N2O3S. The van der Waals surface area contributed by atoms with Crippen LogP contribution in [0.5, 0.6) is 0 Å². The van der Waals surface area contributed by atoms with E-state index in [1.807, 2.05) is 6.92 Å². The number of carbonyl (C=O) groups is 2. The van der Waals surface area contributed by atoms with Gasteiger partial charge in [0.2, 0.25) is 0 Å². The first-order chi connectivity index (χ1) is 8.60. The quantitative estimate of drug-likeness (QED) is 0.740. The minimum atomic E-state index is -0.374. The van der Waals surface area contributed by atoms with Crippen LogP contribution in [0.25, 0.3) is 0 Å². The van der Waals surface area contributed by atoms with Gasteiger partial charge in [-0.2, -0.15) is 0 Å². The molecule has 1 rings (SSSR count). The monoisotopic (exact) mass is 270 g/mol. The molecule has 1 amide bonds. The highest BCUT2D eigenvalue weighted by atomic mass is 32.1. The summed E-state index contributed by atoms with van der Waals surface area (Å²) in [4.78, 5) is 29.9. The first kappa shape index (κ1) is 14.6. The molecule has 0 aliphatic rings. The Kier molecular flexibility index (Phi) is 5.77. The fraction of sp³-hybridized carbons (Fsp3) is 0.583. The van der Waals surface area contributed by atoms with Crippen LogP contribution in [0.4, 0.5) is 0 Å². The summed E-state index contributed by atoms with van der Waals surface area (Å²) in [6, 6.07) is 0. The molecule has 1 aromatic heterocycles. The smallest absolute Gasteiger partial charge is 0.325 e. The van der Waals surface area contributed by atoms with Crippen molar-refractivity contribution in [2.45, 2.75) is 27.2 Å². The van der Waals surface area contributed by atoms with Gasteiger partial charge in [-0.05, 0) is 20.3 Å². The topological polar surface area (TPSA) is 59.5 Å². The summed E-state index contributed by atoms with van der Waals surface area (Å²) in [6.07, 6.45) is 0.795. The van der Waals surface area contributed by atoms with Crippen molar-refractivity contribution in [3.05, 3.63) is 16.1 Å². The average Bonchev–Trinajstić information content (AvgIpc) is 2.74. The zero-order chi connectivity index (χ0) is 13.5. The summed E-state index contributed by atoms with van der Waals surface area (Å²) in [6.45, 7) is 6.36. The van der Waals surface area contributed by atoms with Crippen molar-refractivity contribution in [3.8, 4) is 0 Å². The zero-order valence-electron chi connectivity index (χ0n) is 10.9. The van der Waals surface area contributed by atoms with Crippen molar-refractivity contribution in [1.29, 1.82) is 0 Å². The normalized spacial score (nSPS) is 10.2. The molecule has 0 fully saturated rings. The molecule has 0 unspecified atom stereocenters. The second-order valence-corrected chi connectivity index (χ2v) is 4.65. The van der Waals surface area contributed by atoms with Crippen LogP contribution in [-0.4, -0.2) is 41.5 Å². The van der Waals surface area contributed by atoms with Gasteiger partial charge >= 0.3 is 5.97 Å². The Morgan fingerprint density at radius 3 is 2.67 bits per heavy atom. The molecule has 0 N–H and O–H groups in total. The van der Waals surface area contributed by atoms with Crippen molar-refractivity contribution >= 4 is 23.2 Å². The maximum absolute atomic E-state index is 12.2. The molecule has 0 aliphatic carbocycles. The molecule has 100 valence electrons. The maximum atomic E-state index is 12.2. The molecule has 0 saturated heterocycles. The molecule has 0 radical (unpaired) electrons. The highest BCUT2D eigenvalue weighted by molar-refractivity contribution is 7.11. The summed E-state index contributed by atoms with van der Waals surface area (Å²) >= 11 is 1.30. The fourth-order valence-corrected chi connectivity index (χ4v) is 2.30. The van der Waals surface area contributed by atoms with Gasteiger partial charge < -0.3 is 9.64 Å². The first-order valence-corrected chi connectivity index (χ1v) is 6.83. The number of aryl methyl sites for hydroxylation is 1. The van der Waals surface area contributed by atoms with Gasteiger partial charge in [0.25, 0.3) is 5.91 Å². The number of amides is 1. The first-order valence-electron chi connectivity index (χ1n) is 5.95. The summed E-state index contributed by atoms with van der Waals surface area (Å²) in [5.41, 5.74) is 2.34. The lowest BCUT2D eigenvalue weighted by Gasteiger charge is -2.20. The Bertz CT molecular complexity index is 417. The molecular weight excluding hydrogens is 252 g/mol. The van der Waals surface area contributed by atoms with E-state index in [-0.39, 0.29) is 18.4 Å². The minimum Gasteiger partial charge on any atom is -0.465 e. The van der Waals surface area contributed by atoms with Gasteiger partial charge in [-0.1, -0.05) is 6.92 Å². The van der Waals surface area contributed by atoms with E-state index in [2.05, 4.69) is 4.98 Å². The molecule has 0 saturated carbocycles. The van der Waals surface area contributed by atoms with E-state index >= 15 is 0 Å². The van der Waals surface area contributed by atoms with Crippen molar-refractivity contribution < 1.29 is 14.3 Å². The largest absolute Gasteiger partial charge is 0.465 e. The van der Waals surface area contributed by atoms with E-state index in [1.54, 1.807) is 19.4 Å². The summed E-state index contributed by atoms with van der Waals surface area (Å²) in [5, 5.41) is 0. The molecule has 5 nitrogen and oxygen atoms in total. The number of rotatable bonds is 6. The van der Waals surface area contributed by atoms with Crippen LogP contribution < -0.4 is 0 Å². The van der Waals surface area contributed by atoms with E-state index in [0.29, 0.717) is 23.7 Å². The van der Waals surface area contributed by atoms with Crippen molar-refractivity contribution in [2.75, 3.05) is 19.7 Å². The van der Waals surface area contributed by atoms with E-state index in [1.165, 1.54) is 16.2 Å². The van der Waals surface area contributed by atoms with E-state index in [4.69, 9.17) is 4.74 Å². The number of hydrogen-bond acceptors (Lipinski definition) is 5. The second-order valence-electron chi connectivity index (χ2n) is 3.80. The summed E-state index contributed by atoms with van der Waals surface area (Å²) < 4.78 is 4.87. The van der Waals surface area contributed by atoms with Crippen LogP contribution in [0.15, 0.2) is 5.51 Å². The van der Waals surface area contributed by atoms with Crippen molar-refractivity contribution in [2.24, 2.45) is 0 Å². The van der Waals surface area contributed by atoms with E-state index < -0.39 is 0 Å². The zero-order valence-corrected chi connectivity index (χ0v) is 11.7.